The summed E-state index contributed by atoms with van der Waals surface area (Å²) in [7, 11) is 0. The zero-order valence-corrected chi connectivity index (χ0v) is 19.0. The fourth-order valence-corrected chi connectivity index (χ4v) is 6.13. The van der Waals surface area contributed by atoms with Crippen LogP contribution in [0, 0.1) is 0 Å². The second-order valence-electron chi connectivity index (χ2n) is 8.88. The molecular weight excluding hydrogens is 424 g/mol. The number of carbonyl (C=O) groups is 3. The second-order valence-corrected chi connectivity index (χ2v) is 9.88. The number of amides is 4. The number of rotatable bonds is 4. The van der Waals surface area contributed by atoms with Crippen LogP contribution in [-0.2, 0) is 21.5 Å². The van der Waals surface area contributed by atoms with Gasteiger partial charge >= 0.3 is 6.03 Å². The third kappa shape index (κ3) is 3.46. The summed E-state index contributed by atoms with van der Waals surface area (Å²) in [5.41, 5.74) is 1.66. The predicted molar refractivity (Wildman–Crippen MR) is 125 cm³/mol. The Morgan fingerprint density at radius 3 is 2.59 bits per heavy atom. The Hall–Kier alpha value is -2.87. The van der Waals surface area contributed by atoms with Crippen molar-refractivity contribution in [2.24, 2.45) is 0 Å². The van der Waals surface area contributed by atoms with Crippen molar-refractivity contribution in [2.45, 2.75) is 57.0 Å². The van der Waals surface area contributed by atoms with Gasteiger partial charge in [-0.2, -0.15) is 0 Å². The number of imide groups is 1. The third-order valence-corrected chi connectivity index (χ3v) is 7.89. The van der Waals surface area contributed by atoms with Crippen LogP contribution in [0.2, 0.25) is 0 Å². The summed E-state index contributed by atoms with van der Waals surface area (Å²) in [6.45, 7) is 3.72. The van der Waals surface area contributed by atoms with E-state index in [-0.39, 0.29) is 11.8 Å². The van der Waals surface area contributed by atoms with Crippen molar-refractivity contribution < 1.29 is 14.4 Å². The summed E-state index contributed by atoms with van der Waals surface area (Å²) in [5, 5.41) is 7.74. The largest absolute Gasteiger partial charge is 0.372 e. The molecule has 32 heavy (non-hydrogen) atoms. The fraction of sp³-hybridized carbons (Fsp3) is 0.458. The van der Waals surface area contributed by atoms with Gasteiger partial charge in [0.05, 0.1) is 0 Å². The Labute approximate surface area is 191 Å². The highest BCUT2D eigenvalue weighted by Gasteiger charge is 2.56. The molecule has 0 unspecified atom stereocenters. The number of aryl methyl sites for hydroxylation is 1. The summed E-state index contributed by atoms with van der Waals surface area (Å²) in [6.07, 6.45) is 6.00. The number of benzene rings is 1. The number of nitrogens with one attached hydrogen (secondary N) is 2. The highest BCUT2D eigenvalue weighted by molar-refractivity contribution is 7.10. The van der Waals surface area contributed by atoms with Crippen LogP contribution < -0.4 is 15.5 Å². The highest BCUT2D eigenvalue weighted by Crippen LogP contribution is 2.42. The first kappa shape index (κ1) is 21.0. The number of thiophene rings is 1. The van der Waals surface area contributed by atoms with E-state index in [0.717, 1.165) is 47.0 Å². The van der Waals surface area contributed by atoms with Crippen LogP contribution in [0.3, 0.4) is 0 Å². The van der Waals surface area contributed by atoms with Crippen LogP contribution in [0.25, 0.3) is 0 Å². The van der Waals surface area contributed by atoms with Crippen molar-refractivity contribution in [3.63, 3.8) is 0 Å². The quantitative estimate of drug-likeness (QED) is 0.691. The summed E-state index contributed by atoms with van der Waals surface area (Å²) in [5.74, 6) is -0.706. The van der Waals surface area contributed by atoms with E-state index in [1.54, 1.807) is 18.3 Å². The van der Waals surface area contributed by atoms with Crippen LogP contribution in [0.1, 0.15) is 49.5 Å². The SMILES string of the molecule is C[C@H](C(=O)Nc1ccc(N2CCCCC2)cc1)N1C(=O)N[C@]2(CCCc3sccc32)C1=O. The van der Waals surface area contributed by atoms with Gasteiger partial charge in [0, 0.05) is 34.9 Å². The maximum atomic E-state index is 13.4. The second kappa shape index (κ2) is 8.24. The van der Waals surface area contributed by atoms with E-state index >= 15 is 0 Å². The average Bonchev–Trinajstić information content (AvgIpc) is 3.38. The van der Waals surface area contributed by atoms with E-state index in [1.807, 2.05) is 35.7 Å². The molecule has 2 aliphatic heterocycles. The van der Waals surface area contributed by atoms with E-state index in [1.165, 1.54) is 19.3 Å². The van der Waals surface area contributed by atoms with Crippen LogP contribution in [0.5, 0.6) is 0 Å². The molecule has 2 saturated heterocycles. The topological polar surface area (TPSA) is 81.8 Å². The molecule has 1 aromatic heterocycles. The molecule has 3 heterocycles. The number of anilines is 2. The van der Waals surface area contributed by atoms with Gasteiger partial charge < -0.3 is 15.5 Å². The van der Waals surface area contributed by atoms with Gasteiger partial charge in [0.1, 0.15) is 11.6 Å². The minimum atomic E-state index is -1.03. The van der Waals surface area contributed by atoms with Crippen LogP contribution in [0.15, 0.2) is 35.7 Å². The molecule has 2 fully saturated rings. The molecule has 0 radical (unpaired) electrons. The number of hydrogen-bond donors (Lipinski definition) is 2. The number of piperidine rings is 1. The van der Waals surface area contributed by atoms with E-state index in [9.17, 15) is 14.4 Å². The molecule has 2 N–H and O–H groups in total. The minimum Gasteiger partial charge on any atom is -0.372 e. The number of hydrogen-bond acceptors (Lipinski definition) is 5. The van der Waals surface area contributed by atoms with Gasteiger partial charge in [0.2, 0.25) is 5.91 Å². The van der Waals surface area contributed by atoms with Crippen molar-refractivity contribution in [1.82, 2.24) is 10.2 Å². The molecule has 8 heteroatoms. The van der Waals surface area contributed by atoms with Crippen LogP contribution in [-0.4, -0.2) is 41.9 Å². The van der Waals surface area contributed by atoms with Crippen molar-refractivity contribution in [2.75, 3.05) is 23.3 Å². The van der Waals surface area contributed by atoms with Crippen LogP contribution in [0.4, 0.5) is 16.2 Å². The Kier molecular flexibility index (Phi) is 5.41. The molecular formula is C24H28N4O3S. The molecule has 1 aromatic carbocycles. The van der Waals surface area contributed by atoms with E-state index in [0.29, 0.717) is 12.1 Å². The standard InChI is InChI=1S/C24H28N4O3S/c1-16(21(29)25-17-7-9-18(10-8-17)27-13-3-2-4-14-27)28-22(30)24(26-23(28)31)12-5-6-20-19(24)11-15-32-20/h7-11,15-16H,2-6,12-14H2,1H3,(H,25,29)(H,26,31)/t16-,24+/m1/s1. The molecule has 7 nitrogen and oxygen atoms in total. The normalized spacial score (nSPS) is 23.8. The molecule has 3 aliphatic rings. The Balaban J connectivity index is 1.29. The summed E-state index contributed by atoms with van der Waals surface area (Å²) >= 11 is 1.61. The summed E-state index contributed by atoms with van der Waals surface area (Å²) in [4.78, 5) is 43.8. The van der Waals surface area contributed by atoms with Gasteiger partial charge in [-0.3, -0.25) is 9.59 Å². The summed E-state index contributed by atoms with van der Waals surface area (Å²) in [6, 6.07) is 8.28. The predicted octanol–water partition coefficient (Wildman–Crippen LogP) is 3.85. The maximum Gasteiger partial charge on any atom is 0.326 e. The number of urea groups is 1. The van der Waals surface area contributed by atoms with Gasteiger partial charge in [-0.05, 0) is 81.2 Å². The zero-order chi connectivity index (χ0) is 22.3. The van der Waals surface area contributed by atoms with Gasteiger partial charge in [-0.15, -0.1) is 11.3 Å². The Morgan fingerprint density at radius 1 is 1.09 bits per heavy atom. The Morgan fingerprint density at radius 2 is 1.84 bits per heavy atom. The van der Waals surface area contributed by atoms with Crippen LogP contribution >= 0.6 is 11.3 Å². The average molecular weight is 453 g/mol. The van der Waals surface area contributed by atoms with Gasteiger partial charge in [-0.25, -0.2) is 9.69 Å². The molecule has 1 aliphatic carbocycles. The lowest BCUT2D eigenvalue weighted by Crippen LogP contribution is -2.49. The first-order chi connectivity index (χ1) is 15.5. The van der Waals surface area contributed by atoms with Gasteiger partial charge in [-0.1, -0.05) is 0 Å². The molecule has 5 rings (SSSR count). The van der Waals surface area contributed by atoms with Crippen molar-refractivity contribution >= 4 is 40.6 Å². The molecule has 0 saturated carbocycles. The highest BCUT2D eigenvalue weighted by atomic mass is 32.1. The molecule has 4 amide bonds. The monoisotopic (exact) mass is 452 g/mol. The maximum absolute atomic E-state index is 13.4. The molecule has 1 spiro atoms. The van der Waals surface area contributed by atoms with E-state index < -0.39 is 17.6 Å². The fourth-order valence-electron chi connectivity index (χ4n) is 5.13. The smallest absolute Gasteiger partial charge is 0.326 e. The molecule has 168 valence electrons. The van der Waals surface area contributed by atoms with E-state index in [2.05, 4.69) is 15.5 Å². The van der Waals surface area contributed by atoms with Crippen molar-refractivity contribution in [1.29, 1.82) is 0 Å². The van der Waals surface area contributed by atoms with E-state index in [4.69, 9.17) is 0 Å². The molecule has 2 aromatic rings. The third-order valence-electron chi connectivity index (χ3n) is 6.91. The van der Waals surface area contributed by atoms with Gasteiger partial charge in [0.25, 0.3) is 5.91 Å². The first-order valence-electron chi connectivity index (χ1n) is 11.4. The number of nitrogens with zero attached hydrogens (tertiary/aromatic N) is 2. The summed E-state index contributed by atoms with van der Waals surface area (Å²) < 4.78 is 0. The van der Waals surface area contributed by atoms with Crippen molar-refractivity contribution in [3.05, 3.63) is 46.2 Å². The lowest BCUT2D eigenvalue weighted by atomic mass is 9.80. The molecule has 2 atom stereocenters. The lowest BCUT2D eigenvalue weighted by molar-refractivity contribution is -0.137. The zero-order valence-electron chi connectivity index (χ0n) is 18.2. The number of carbonyl (C=O) groups excluding carboxylic acids is 3. The Bertz CT molecular complexity index is 1040. The van der Waals surface area contributed by atoms with Gasteiger partial charge in [0.15, 0.2) is 0 Å². The minimum absolute atomic E-state index is 0.329. The number of fused-ring (bicyclic) bond motifs is 2. The lowest BCUT2D eigenvalue weighted by Gasteiger charge is -2.31. The molecule has 0 bridgehead atoms. The first-order valence-corrected chi connectivity index (χ1v) is 12.3. The van der Waals surface area contributed by atoms with Crippen molar-refractivity contribution in [3.8, 4) is 0 Å².